The van der Waals surface area contributed by atoms with Gasteiger partial charge in [-0.05, 0) is 33.6 Å². The van der Waals surface area contributed by atoms with Gasteiger partial charge in [0.15, 0.2) is 0 Å². The molecule has 0 amide bonds. The van der Waals surface area contributed by atoms with E-state index in [9.17, 15) is 0 Å². The van der Waals surface area contributed by atoms with E-state index in [1.807, 2.05) is 13.1 Å². The normalized spacial score (nSPS) is 29.6. The van der Waals surface area contributed by atoms with E-state index >= 15 is 0 Å². The highest BCUT2D eigenvalue weighted by molar-refractivity contribution is 5.58. The van der Waals surface area contributed by atoms with E-state index in [4.69, 9.17) is 0 Å². The first-order valence-electron chi connectivity index (χ1n) is 5.17. The fourth-order valence-corrected chi connectivity index (χ4v) is 1.75. The van der Waals surface area contributed by atoms with Crippen molar-refractivity contribution < 1.29 is 0 Å². The topological polar surface area (TPSA) is 15.6 Å². The summed E-state index contributed by atoms with van der Waals surface area (Å²) in [5.41, 5.74) is 0. The van der Waals surface area contributed by atoms with Crippen molar-refractivity contribution in [3.05, 3.63) is 12.2 Å². The van der Waals surface area contributed by atoms with Crippen molar-refractivity contribution in [2.45, 2.75) is 52.1 Å². The van der Waals surface area contributed by atoms with Gasteiger partial charge in [0.2, 0.25) is 0 Å². The lowest BCUT2D eigenvalue weighted by Gasteiger charge is -2.22. The fraction of sp³-hybridized carbons (Fsp3) is 0.727. The molecule has 13 heavy (non-hydrogen) atoms. The van der Waals surface area contributed by atoms with Crippen LogP contribution in [0.3, 0.4) is 0 Å². The number of rotatable bonds is 3. The quantitative estimate of drug-likeness (QED) is 0.481. The van der Waals surface area contributed by atoms with Crippen molar-refractivity contribution in [2.75, 3.05) is 0 Å². The third kappa shape index (κ3) is 2.87. The van der Waals surface area contributed by atoms with Gasteiger partial charge >= 0.3 is 0 Å². The summed E-state index contributed by atoms with van der Waals surface area (Å²) in [5.74, 6) is 0. The van der Waals surface area contributed by atoms with Crippen molar-refractivity contribution in [2.24, 2.45) is 5.10 Å². The molecule has 2 nitrogen and oxygen atoms in total. The zero-order valence-corrected chi connectivity index (χ0v) is 8.90. The molecule has 74 valence electrons. The van der Waals surface area contributed by atoms with Crippen LogP contribution in [0.5, 0.6) is 0 Å². The van der Waals surface area contributed by atoms with Crippen molar-refractivity contribution >= 4 is 6.21 Å². The van der Waals surface area contributed by atoms with Crippen molar-refractivity contribution in [3.8, 4) is 0 Å². The summed E-state index contributed by atoms with van der Waals surface area (Å²) < 4.78 is 0. The minimum atomic E-state index is 0.622. The monoisotopic (exact) mass is 180 g/mol. The van der Waals surface area contributed by atoms with Gasteiger partial charge in [-0.25, -0.2) is 0 Å². The maximum Gasteiger partial charge on any atom is 0.0446 e. The first-order valence-corrected chi connectivity index (χ1v) is 5.17. The molecule has 1 rings (SSSR count). The molecule has 0 saturated carbocycles. The molecule has 0 aromatic rings. The van der Waals surface area contributed by atoms with Crippen LogP contribution in [-0.4, -0.2) is 23.3 Å². The summed E-state index contributed by atoms with van der Waals surface area (Å²) >= 11 is 0. The van der Waals surface area contributed by atoms with E-state index in [-0.39, 0.29) is 0 Å². The molecule has 1 aliphatic heterocycles. The van der Waals surface area contributed by atoms with Crippen LogP contribution in [0.2, 0.25) is 0 Å². The van der Waals surface area contributed by atoms with Gasteiger partial charge in [0.05, 0.1) is 0 Å². The minimum absolute atomic E-state index is 0.622. The molecule has 0 bridgehead atoms. The van der Waals surface area contributed by atoms with Crippen LogP contribution < -0.4 is 0 Å². The average molecular weight is 180 g/mol. The Morgan fingerprint density at radius 2 is 1.92 bits per heavy atom. The molecule has 0 radical (unpaired) electrons. The average Bonchev–Trinajstić information content (AvgIpc) is 2.42. The molecule has 0 spiro atoms. The van der Waals surface area contributed by atoms with Gasteiger partial charge in [0.25, 0.3) is 0 Å². The molecule has 1 aliphatic rings. The Labute approximate surface area is 81.3 Å². The predicted molar refractivity (Wildman–Crippen MR) is 57.9 cm³/mol. The Balaban J connectivity index is 2.38. The van der Waals surface area contributed by atoms with Gasteiger partial charge in [0, 0.05) is 24.7 Å². The van der Waals surface area contributed by atoms with Crippen LogP contribution in [0, 0.1) is 0 Å². The van der Waals surface area contributed by atoms with E-state index < -0.39 is 0 Å². The Morgan fingerprint density at radius 1 is 1.31 bits per heavy atom. The molecule has 0 unspecified atom stereocenters. The largest absolute Gasteiger partial charge is 0.292 e. The number of hydrazone groups is 1. The highest BCUT2D eigenvalue weighted by Gasteiger charge is 2.25. The summed E-state index contributed by atoms with van der Waals surface area (Å²) in [7, 11) is 0. The second-order valence-electron chi connectivity index (χ2n) is 3.76. The maximum atomic E-state index is 4.48. The molecular formula is C11H20N2. The van der Waals surface area contributed by atoms with Crippen molar-refractivity contribution in [1.29, 1.82) is 0 Å². The molecule has 0 aromatic heterocycles. The van der Waals surface area contributed by atoms with E-state index in [1.54, 1.807) is 0 Å². The van der Waals surface area contributed by atoms with Crippen LogP contribution in [0.25, 0.3) is 0 Å². The van der Waals surface area contributed by atoms with Crippen LogP contribution in [0.1, 0.15) is 40.0 Å². The van der Waals surface area contributed by atoms with Gasteiger partial charge in [-0.2, -0.15) is 5.10 Å². The molecule has 0 N–H and O–H groups in total. The first kappa shape index (κ1) is 10.3. The third-order valence-electron chi connectivity index (χ3n) is 2.60. The van der Waals surface area contributed by atoms with Crippen LogP contribution in [0.15, 0.2) is 17.3 Å². The summed E-state index contributed by atoms with van der Waals surface area (Å²) in [6, 6.07) is 1.24. The molecule has 0 aromatic carbocycles. The van der Waals surface area contributed by atoms with E-state index in [1.165, 1.54) is 12.8 Å². The summed E-state index contributed by atoms with van der Waals surface area (Å²) in [5, 5.41) is 6.71. The minimum Gasteiger partial charge on any atom is -0.292 e. The Kier molecular flexibility index (Phi) is 4.00. The van der Waals surface area contributed by atoms with Gasteiger partial charge < -0.3 is 0 Å². The van der Waals surface area contributed by atoms with E-state index in [2.05, 4.69) is 36.1 Å². The molecular weight excluding hydrogens is 160 g/mol. The molecule has 2 heteroatoms. The standard InChI is InChI=1S/C11H20N2/c1-4-5-6-9-12-13-10(2)7-8-11(13)3/h4-5,9-11H,6-8H2,1-3H3/b5-4+,12-9+/t10-,11-/m1/s1. The Bertz CT molecular complexity index is 186. The molecule has 1 heterocycles. The summed E-state index contributed by atoms with van der Waals surface area (Å²) in [6.45, 7) is 6.53. The predicted octanol–water partition coefficient (Wildman–Crippen LogP) is 2.81. The maximum absolute atomic E-state index is 4.48. The lowest BCUT2D eigenvalue weighted by molar-refractivity contribution is 0.226. The highest BCUT2D eigenvalue weighted by Crippen LogP contribution is 2.23. The van der Waals surface area contributed by atoms with Crippen molar-refractivity contribution in [3.63, 3.8) is 0 Å². The second-order valence-corrected chi connectivity index (χ2v) is 3.76. The lowest BCUT2D eigenvalue weighted by Crippen LogP contribution is -2.27. The van der Waals surface area contributed by atoms with Crippen LogP contribution in [-0.2, 0) is 0 Å². The van der Waals surface area contributed by atoms with Gasteiger partial charge in [-0.15, -0.1) is 0 Å². The van der Waals surface area contributed by atoms with E-state index in [0.717, 1.165) is 6.42 Å². The Morgan fingerprint density at radius 3 is 2.46 bits per heavy atom. The number of nitrogens with zero attached hydrogens (tertiary/aromatic N) is 2. The zero-order valence-electron chi connectivity index (χ0n) is 8.90. The molecule has 1 fully saturated rings. The van der Waals surface area contributed by atoms with Gasteiger partial charge in [0.1, 0.15) is 0 Å². The first-order chi connectivity index (χ1) is 6.25. The molecule has 0 aliphatic carbocycles. The van der Waals surface area contributed by atoms with Crippen LogP contribution in [0.4, 0.5) is 0 Å². The number of hydrogen-bond acceptors (Lipinski definition) is 2. The molecule has 2 atom stereocenters. The lowest BCUT2D eigenvalue weighted by atomic mass is 10.2. The zero-order chi connectivity index (χ0) is 9.68. The fourth-order valence-electron chi connectivity index (χ4n) is 1.75. The number of hydrogen-bond donors (Lipinski definition) is 0. The van der Waals surface area contributed by atoms with Crippen LogP contribution >= 0.6 is 0 Å². The second kappa shape index (κ2) is 5.05. The van der Waals surface area contributed by atoms with Gasteiger partial charge in [-0.1, -0.05) is 12.2 Å². The molecule has 1 saturated heterocycles. The van der Waals surface area contributed by atoms with E-state index in [0.29, 0.717) is 12.1 Å². The van der Waals surface area contributed by atoms with Crippen molar-refractivity contribution in [1.82, 2.24) is 5.01 Å². The van der Waals surface area contributed by atoms with Gasteiger partial charge in [-0.3, -0.25) is 5.01 Å². The smallest absolute Gasteiger partial charge is 0.0446 e. The highest BCUT2D eigenvalue weighted by atomic mass is 15.5. The summed E-state index contributed by atoms with van der Waals surface area (Å²) in [6.07, 6.45) is 9.69. The summed E-state index contributed by atoms with van der Waals surface area (Å²) in [4.78, 5) is 0. The Hall–Kier alpha value is -0.790. The SMILES string of the molecule is C/C=C/C/C=N/N1[C@H](C)CC[C@H]1C. The third-order valence-corrected chi connectivity index (χ3v) is 2.60. The number of allylic oxidation sites excluding steroid dienone is 2.